The third-order valence-electron chi connectivity index (χ3n) is 2.67. The first-order valence-electron chi connectivity index (χ1n) is 6.07. The van der Waals surface area contributed by atoms with Crippen LogP contribution in [0.5, 0.6) is 0 Å². The Hall–Kier alpha value is -2.49. The van der Waals surface area contributed by atoms with Crippen LogP contribution in [-0.2, 0) is 4.79 Å². The molecule has 19 heavy (non-hydrogen) atoms. The van der Waals surface area contributed by atoms with E-state index < -0.39 is 0 Å². The fourth-order valence-corrected chi connectivity index (χ4v) is 1.65. The normalized spacial score (nSPS) is 9.95. The van der Waals surface area contributed by atoms with Crippen LogP contribution in [0.3, 0.4) is 0 Å². The Balaban J connectivity index is 2.35. The molecule has 1 N–H and O–H groups in total. The van der Waals surface area contributed by atoms with Gasteiger partial charge in [0.2, 0.25) is 5.91 Å². The van der Waals surface area contributed by atoms with E-state index in [2.05, 4.69) is 10.3 Å². The molecule has 0 saturated carbocycles. The van der Waals surface area contributed by atoms with Gasteiger partial charge >= 0.3 is 0 Å². The molecule has 4 heteroatoms. The van der Waals surface area contributed by atoms with Crippen molar-refractivity contribution in [2.45, 2.75) is 13.3 Å². The molecule has 0 aliphatic carbocycles. The van der Waals surface area contributed by atoms with Crippen molar-refractivity contribution in [3.05, 3.63) is 59.8 Å². The number of nitrogens with one attached hydrogen (secondary N) is 1. The molecule has 0 aliphatic heterocycles. The van der Waals surface area contributed by atoms with Crippen molar-refractivity contribution in [2.75, 3.05) is 5.32 Å². The Morgan fingerprint density at radius 3 is 2.53 bits per heavy atom. The van der Waals surface area contributed by atoms with Crippen LogP contribution < -0.4 is 5.32 Å². The van der Waals surface area contributed by atoms with Gasteiger partial charge < -0.3 is 5.32 Å². The Kier molecular flexibility index (Phi) is 4.03. The van der Waals surface area contributed by atoms with E-state index in [4.69, 9.17) is 0 Å². The van der Waals surface area contributed by atoms with E-state index in [0.717, 1.165) is 0 Å². The predicted octanol–water partition coefficient (Wildman–Crippen LogP) is 2.66. The molecule has 1 aromatic carbocycles. The summed E-state index contributed by atoms with van der Waals surface area (Å²) in [5.41, 5.74) is 0.970. The lowest BCUT2D eigenvalue weighted by Crippen LogP contribution is -2.15. The van der Waals surface area contributed by atoms with Crippen molar-refractivity contribution in [3.63, 3.8) is 0 Å². The highest BCUT2D eigenvalue weighted by molar-refractivity contribution is 6.13. The number of benzene rings is 1. The van der Waals surface area contributed by atoms with Crippen LogP contribution in [0.1, 0.15) is 29.3 Å². The minimum Gasteiger partial charge on any atom is -0.310 e. The van der Waals surface area contributed by atoms with Crippen molar-refractivity contribution < 1.29 is 9.59 Å². The SMILES string of the molecule is CCC(=O)Nc1ncccc1C(=O)c1ccccc1. The van der Waals surface area contributed by atoms with Crippen LogP contribution >= 0.6 is 0 Å². The highest BCUT2D eigenvalue weighted by atomic mass is 16.1. The summed E-state index contributed by atoms with van der Waals surface area (Å²) in [7, 11) is 0. The fourth-order valence-electron chi connectivity index (χ4n) is 1.65. The van der Waals surface area contributed by atoms with Gasteiger partial charge in [0.15, 0.2) is 5.78 Å². The average molecular weight is 254 g/mol. The van der Waals surface area contributed by atoms with Crippen LogP contribution in [0.4, 0.5) is 5.82 Å². The summed E-state index contributed by atoms with van der Waals surface area (Å²) < 4.78 is 0. The van der Waals surface area contributed by atoms with E-state index in [9.17, 15) is 9.59 Å². The van der Waals surface area contributed by atoms with Gasteiger partial charge in [-0.25, -0.2) is 4.98 Å². The van der Waals surface area contributed by atoms with Crippen molar-refractivity contribution >= 4 is 17.5 Å². The number of hydrogen-bond acceptors (Lipinski definition) is 3. The van der Waals surface area contributed by atoms with Gasteiger partial charge in [-0.1, -0.05) is 37.3 Å². The molecule has 0 bridgehead atoms. The Morgan fingerprint density at radius 2 is 1.84 bits per heavy atom. The molecule has 1 heterocycles. The van der Waals surface area contributed by atoms with Gasteiger partial charge in [0.25, 0.3) is 0 Å². The molecule has 0 unspecified atom stereocenters. The quantitative estimate of drug-likeness (QED) is 0.853. The Bertz CT molecular complexity index is 594. The first kappa shape index (κ1) is 13.0. The van der Waals surface area contributed by atoms with Crippen LogP contribution in [-0.4, -0.2) is 16.7 Å². The topological polar surface area (TPSA) is 59.1 Å². The molecule has 2 aromatic rings. The Morgan fingerprint density at radius 1 is 1.11 bits per heavy atom. The lowest BCUT2D eigenvalue weighted by atomic mass is 10.0. The highest BCUT2D eigenvalue weighted by Gasteiger charge is 2.15. The van der Waals surface area contributed by atoms with Gasteiger partial charge in [0.05, 0.1) is 5.56 Å². The molecule has 0 saturated heterocycles. The highest BCUT2D eigenvalue weighted by Crippen LogP contribution is 2.16. The number of hydrogen-bond donors (Lipinski definition) is 1. The van der Waals surface area contributed by atoms with Gasteiger partial charge in [-0.2, -0.15) is 0 Å². The molecule has 0 spiro atoms. The van der Waals surface area contributed by atoms with Gasteiger partial charge in [-0.3, -0.25) is 9.59 Å². The minimum atomic E-state index is -0.166. The number of nitrogens with zero attached hydrogens (tertiary/aromatic N) is 1. The monoisotopic (exact) mass is 254 g/mol. The molecule has 4 nitrogen and oxygen atoms in total. The second-order valence-electron chi connectivity index (χ2n) is 4.00. The molecule has 0 fully saturated rings. The maximum absolute atomic E-state index is 12.3. The number of amides is 1. The zero-order valence-electron chi connectivity index (χ0n) is 10.6. The molecule has 0 aliphatic rings. The number of pyridine rings is 1. The first-order chi connectivity index (χ1) is 9.22. The van der Waals surface area contributed by atoms with Gasteiger partial charge in [0.1, 0.15) is 5.82 Å². The van der Waals surface area contributed by atoms with E-state index in [-0.39, 0.29) is 11.7 Å². The zero-order chi connectivity index (χ0) is 13.7. The smallest absolute Gasteiger partial charge is 0.225 e. The molecule has 96 valence electrons. The van der Waals surface area contributed by atoms with E-state index in [1.807, 2.05) is 6.07 Å². The molecule has 1 amide bonds. The summed E-state index contributed by atoms with van der Waals surface area (Å²) in [5, 5.41) is 2.64. The van der Waals surface area contributed by atoms with Crippen LogP contribution in [0.15, 0.2) is 48.7 Å². The number of aromatic nitrogens is 1. The van der Waals surface area contributed by atoms with E-state index >= 15 is 0 Å². The van der Waals surface area contributed by atoms with Crippen molar-refractivity contribution in [1.29, 1.82) is 0 Å². The number of ketones is 1. The van der Waals surface area contributed by atoms with E-state index in [0.29, 0.717) is 23.4 Å². The average Bonchev–Trinajstić information content (AvgIpc) is 2.48. The molecular formula is C15H14N2O2. The molecule has 0 radical (unpaired) electrons. The third-order valence-corrected chi connectivity index (χ3v) is 2.67. The summed E-state index contributed by atoms with van der Waals surface area (Å²) in [6.07, 6.45) is 1.89. The first-order valence-corrected chi connectivity index (χ1v) is 6.07. The molecule has 1 aromatic heterocycles. The second kappa shape index (κ2) is 5.91. The van der Waals surface area contributed by atoms with Gasteiger partial charge in [0, 0.05) is 18.2 Å². The van der Waals surface area contributed by atoms with E-state index in [1.54, 1.807) is 49.5 Å². The summed E-state index contributed by atoms with van der Waals surface area (Å²) >= 11 is 0. The lowest BCUT2D eigenvalue weighted by molar-refractivity contribution is -0.115. The van der Waals surface area contributed by atoms with E-state index in [1.165, 1.54) is 0 Å². The van der Waals surface area contributed by atoms with Crippen molar-refractivity contribution in [2.24, 2.45) is 0 Å². The maximum atomic E-state index is 12.3. The second-order valence-corrected chi connectivity index (χ2v) is 4.00. The zero-order valence-corrected chi connectivity index (χ0v) is 10.6. The number of carbonyl (C=O) groups excluding carboxylic acids is 2. The van der Waals surface area contributed by atoms with Crippen molar-refractivity contribution in [1.82, 2.24) is 4.98 Å². The number of carbonyl (C=O) groups is 2. The molecular weight excluding hydrogens is 240 g/mol. The van der Waals surface area contributed by atoms with Crippen LogP contribution in [0, 0.1) is 0 Å². The maximum Gasteiger partial charge on any atom is 0.225 e. The summed E-state index contributed by atoms with van der Waals surface area (Å²) in [5.74, 6) is -0.0101. The summed E-state index contributed by atoms with van der Waals surface area (Å²) in [6.45, 7) is 1.75. The van der Waals surface area contributed by atoms with Crippen LogP contribution in [0.25, 0.3) is 0 Å². The fraction of sp³-hybridized carbons (Fsp3) is 0.133. The molecule has 2 rings (SSSR count). The predicted molar refractivity (Wildman–Crippen MR) is 73.0 cm³/mol. The Labute approximate surface area is 111 Å². The van der Waals surface area contributed by atoms with Crippen LogP contribution in [0.2, 0.25) is 0 Å². The number of rotatable bonds is 4. The minimum absolute atomic E-state index is 0.153. The molecule has 0 atom stereocenters. The van der Waals surface area contributed by atoms with Crippen molar-refractivity contribution in [3.8, 4) is 0 Å². The summed E-state index contributed by atoms with van der Waals surface area (Å²) in [4.78, 5) is 27.8. The van der Waals surface area contributed by atoms with Gasteiger partial charge in [-0.15, -0.1) is 0 Å². The number of anilines is 1. The standard InChI is InChI=1S/C15H14N2O2/c1-2-13(18)17-15-12(9-6-10-16-15)14(19)11-7-4-3-5-8-11/h3-10H,2H2,1H3,(H,16,17,18). The largest absolute Gasteiger partial charge is 0.310 e. The lowest BCUT2D eigenvalue weighted by Gasteiger charge is -2.08. The third kappa shape index (κ3) is 3.04. The summed E-state index contributed by atoms with van der Waals surface area (Å²) in [6, 6.07) is 12.3. The van der Waals surface area contributed by atoms with Gasteiger partial charge in [-0.05, 0) is 12.1 Å².